The standard InChI is InChI=1S/C11H27NO5Si.C4H11NOSi.C2H4/c1-4-15-18(16-5-2,17-6-3)11-12(7-9-13)8-10-14;1-7(2,3-5)4-6;1-2/h13-14H,4-11H2,1-3H3;4H,3,5H2,1-2H3;1-2H2. The van der Waals surface area contributed by atoms with Crippen LogP contribution in [0.25, 0.3) is 0 Å². The largest absolute Gasteiger partial charge is 0.515 e. The molecule has 0 bridgehead atoms. The van der Waals surface area contributed by atoms with E-state index in [2.05, 4.69) is 13.2 Å². The fraction of sp³-hybridized carbons (Fsp3) is 0.824. The van der Waals surface area contributed by atoms with Crippen LogP contribution in [-0.4, -0.2) is 96.4 Å². The molecule has 0 amide bonds. The van der Waals surface area contributed by atoms with Crippen molar-refractivity contribution in [2.45, 2.75) is 33.9 Å². The molecule has 4 N–H and O–H groups in total. The molecule has 8 nitrogen and oxygen atoms in total. The van der Waals surface area contributed by atoms with Crippen LogP contribution in [0.15, 0.2) is 13.2 Å². The molecule has 0 aliphatic carbocycles. The molecule has 0 atom stereocenters. The van der Waals surface area contributed by atoms with Crippen LogP contribution in [0.5, 0.6) is 0 Å². The summed E-state index contributed by atoms with van der Waals surface area (Å²) in [6, 6.07) is 0. The minimum atomic E-state index is -2.73. The van der Waals surface area contributed by atoms with E-state index >= 15 is 0 Å². The second-order valence-corrected chi connectivity index (χ2v) is 13.2. The van der Waals surface area contributed by atoms with Crippen molar-refractivity contribution in [3.63, 3.8) is 0 Å². The van der Waals surface area contributed by atoms with Crippen LogP contribution in [0.4, 0.5) is 0 Å². The average Bonchev–Trinajstić information content (AvgIpc) is 2.65. The van der Waals surface area contributed by atoms with Gasteiger partial charge in [-0.2, -0.15) is 0 Å². The van der Waals surface area contributed by atoms with Crippen LogP contribution in [-0.2, 0) is 18.1 Å². The van der Waals surface area contributed by atoms with Gasteiger partial charge in [0.1, 0.15) is 14.0 Å². The van der Waals surface area contributed by atoms with Gasteiger partial charge in [-0.05, 0) is 26.9 Å². The molecule has 164 valence electrons. The van der Waals surface area contributed by atoms with E-state index in [1.54, 1.807) is 0 Å². The lowest BCUT2D eigenvalue weighted by molar-refractivity contribution is 0.0517. The molecular weight excluding hydrogens is 384 g/mol. The normalized spacial score (nSPS) is 11.3. The molecule has 10 heteroatoms. The summed E-state index contributed by atoms with van der Waals surface area (Å²) in [7, 11) is -4.28. The predicted octanol–water partition coefficient (Wildman–Crippen LogP) is 0.627. The van der Waals surface area contributed by atoms with Crippen molar-refractivity contribution in [3.8, 4) is 0 Å². The third-order valence-electron chi connectivity index (χ3n) is 3.19. The smallest absolute Gasteiger partial charge is 0.395 e. The van der Waals surface area contributed by atoms with Gasteiger partial charge in [-0.1, -0.05) is 13.1 Å². The minimum absolute atomic E-state index is 0.0366. The summed E-state index contributed by atoms with van der Waals surface area (Å²) in [4.78, 5) is 11.9. The fourth-order valence-corrected chi connectivity index (χ4v) is 4.60. The maximum absolute atomic E-state index is 10.0. The van der Waals surface area contributed by atoms with Crippen LogP contribution in [0.2, 0.25) is 13.1 Å². The van der Waals surface area contributed by atoms with Crippen LogP contribution < -0.4 is 5.73 Å². The first-order valence-corrected chi connectivity index (χ1v) is 14.5. The lowest BCUT2D eigenvalue weighted by Gasteiger charge is -2.33. The van der Waals surface area contributed by atoms with E-state index in [0.29, 0.717) is 45.2 Å². The molecule has 27 heavy (non-hydrogen) atoms. The van der Waals surface area contributed by atoms with Gasteiger partial charge in [-0.25, -0.2) is 0 Å². The van der Waals surface area contributed by atoms with Gasteiger partial charge in [-0.3, -0.25) is 4.90 Å². The van der Waals surface area contributed by atoms with E-state index in [1.165, 1.54) is 0 Å². The van der Waals surface area contributed by atoms with Crippen LogP contribution >= 0.6 is 0 Å². The number of carbonyl (C=O) groups excluding carboxylic acids is 1. The van der Waals surface area contributed by atoms with E-state index in [-0.39, 0.29) is 13.2 Å². The van der Waals surface area contributed by atoms with E-state index in [0.717, 1.165) is 5.91 Å². The molecule has 0 aromatic carbocycles. The van der Waals surface area contributed by atoms with Crippen molar-refractivity contribution in [1.29, 1.82) is 0 Å². The number of carbonyl (C=O) groups is 1. The molecule has 0 rings (SSSR count). The summed E-state index contributed by atoms with van der Waals surface area (Å²) >= 11 is 0. The number of aliphatic hydroxyl groups is 2. The van der Waals surface area contributed by atoms with Gasteiger partial charge in [0, 0.05) is 32.9 Å². The van der Waals surface area contributed by atoms with Crippen LogP contribution in [0.3, 0.4) is 0 Å². The van der Waals surface area contributed by atoms with Gasteiger partial charge in [-0.15, -0.1) is 13.2 Å². The van der Waals surface area contributed by atoms with Crippen molar-refractivity contribution >= 4 is 22.8 Å². The second kappa shape index (κ2) is 20.3. The Morgan fingerprint density at radius 1 is 0.963 bits per heavy atom. The Labute approximate surface area is 167 Å². The second-order valence-electron chi connectivity index (χ2n) is 6.02. The summed E-state index contributed by atoms with van der Waals surface area (Å²) < 4.78 is 17.2. The Morgan fingerprint density at radius 2 is 1.33 bits per heavy atom. The minimum Gasteiger partial charge on any atom is -0.395 e. The molecule has 0 aromatic rings. The van der Waals surface area contributed by atoms with Crippen LogP contribution in [0, 0.1) is 0 Å². The van der Waals surface area contributed by atoms with E-state index in [9.17, 15) is 4.79 Å². The first kappa shape index (κ1) is 31.3. The lowest BCUT2D eigenvalue weighted by atomic mass is 10.5. The van der Waals surface area contributed by atoms with E-state index < -0.39 is 16.9 Å². The molecular formula is C17H42N2O6Si2. The zero-order valence-electron chi connectivity index (χ0n) is 17.9. The van der Waals surface area contributed by atoms with Crippen LogP contribution in [0.1, 0.15) is 20.8 Å². The monoisotopic (exact) mass is 426 g/mol. The highest BCUT2D eigenvalue weighted by molar-refractivity contribution is 6.99. The van der Waals surface area contributed by atoms with Crippen molar-refractivity contribution in [2.24, 2.45) is 5.73 Å². The number of hydrogen-bond acceptors (Lipinski definition) is 8. The molecule has 0 saturated heterocycles. The molecule has 0 radical (unpaired) electrons. The summed E-state index contributed by atoms with van der Waals surface area (Å²) in [5.74, 6) is 1.01. The third kappa shape index (κ3) is 17.4. The summed E-state index contributed by atoms with van der Waals surface area (Å²) in [5.41, 5.74) is 5.25. The van der Waals surface area contributed by atoms with Crippen molar-refractivity contribution in [3.05, 3.63) is 13.2 Å². The molecule has 0 fully saturated rings. The molecule has 0 unspecified atom stereocenters. The lowest BCUT2D eigenvalue weighted by Crippen LogP contribution is -2.56. The summed E-state index contributed by atoms with van der Waals surface area (Å²) in [5, 5.41) is 18.0. The zero-order chi connectivity index (χ0) is 21.8. The van der Waals surface area contributed by atoms with Gasteiger partial charge >= 0.3 is 8.80 Å². The summed E-state index contributed by atoms with van der Waals surface area (Å²) in [6.07, 6.45) is 1.06. The zero-order valence-corrected chi connectivity index (χ0v) is 19.9. The maximum Gasteiger partial charge on any atom is 0.515 e. The first-order chi connectivity index (χ1) is 12.8. The van der Waals surface area contributed by atoms with Gasteiger partial charge in [0.2, 0.25) is 0 Å². The Bertz CT molecular complexity index is 316. The Hall–Kier alpha value is -0.436. The number of rotatable bonds is 14. The van der Waals surface area contributed by atoms with Crippen molar-refractivity contribution in [1.82, 2.24) is 4.90 Å². The quantitative estimate of drug-likeness (QED) is 0.210. The highest BCUT2D eigenvalue weighted by atomic mass is 28.4. The SMILES string of the molecule is C=C.CCO[Si](CN(CCO)CCO)(OCC)OCC.C[Si](C)(C=O)CN. The number of hydrogen-bond donors (Lipinski definition) is 3. The van der Waals surface area contributed by atoms with Crippen molar-refractivity contribution < 1.29 is 28.3 Å². The third-order valence-corrected chi connectivity index (χ3v) is 7.90. The van der Waals surface area contributed by atoms with Gasteiger partial charge in [0.25, 0.3) is 0 Å². The Balaban J connectivity index is -0.000000535. The molecule has 0 aromatic heterocycles. The Morgan fingerprint density at radius 3 is 1.52 bits per heavy atom. The highest BCUT2D eigenvalue weighted by Gasteiger charge is 2.42. The topological polar surface area (TPSA) is 114 Å². The number of nitrogens with zero attached hydrogens (tertiary/aromatic N) is 1. The summed E-state index contributed by atoms with van der Waals surface area (Å²) in [6.45, 7) is 18.2. The fourth-order valence-electron chi connectivity index (χ4n) is 1.80. The number of nitrogens with two attached hydrogens (primary N) is 1. The molecule has 0 heterocycles. The molecule has 0 aliphatic rings. The van der Waals surface area contributed by atoms with Gasteiger partial charge in [0.05, 0.1) is 19.4 Å². The average molecular weight is 427 g/mol. The predicted molar refractivity (Wildman–Crippen MR) is 116 cm³/mol. The maximum atomic E-state index is 10.0. The van der Waals surface area contributed by atoms with Gasteiger partial charge in [0.15, 0.2) is 0 Å². The first-order valence-electron chi connectivity index (χ1n) is 9.32. The molecule has 0 saturated carbocycles. The van der Waals surface area contributed by atoms with E-state index in [4.69, 9.17) is 29.2 Å². The molecule has 0 aliphatic heterocycles. The van der Waals surface area contributed by atoms with Gasteiger partial charge < -0.3 is 34.0 Å². The van der Waals surface area contributed by atoms with E-state index in [1.807, 2.05) is 38.8 Å². The highest BCUT2D eigenvalue weighted by Crippen LogP contribution is 2.12. The molecule has 0 spiro atoms. The Kier molecular flexibility index (Phi) is 23.5. The number of aliphatic hydroxyl groups excluding tert-OH is 2. The van der Waals surface area contributed by atoms with Crippen molar-refractivity contribution in [2.75, 3.05) is 58.5 Å².